The summed E-state index contributed by atoms with van der Waals surface area (Å²) in [6, 6.07) is 10.0. The first kappa shape index (κ1) is 13.2. The van der Waals surface area contributed by atoms with Crippen LogP contribution < -0.4 is 10.3 Å². The van der Waals surface area contributed by atoms with Crippen molar-refractivity contribution in [3.63, 3.8) is 0 Å². The lowest BCUT2D eigenvalue weighted by molar-refractivity contribution is 0.415. The van der Waals surface area contributed by atoms with Gasteiger partial charge in [0.1, 0.15) is 29.0 Å². The van der Waals surface area contributed by atoms with E-state index in [0.717, 1.165) is 0 Å². The fraction of sp³-hybridized carbons (Fsp3) is 0.0714. The molecule has 0 aliphatic heterocycles. The predicted octanol–water partition coefficient (Wildman–Crippen LogP) is 1.50. The van der Waals surface area contributed by atoms with Crippen molar-refractivity contribution >= 4 is 0 Å². The highest BCUT2D eigenvalue weighted by atomic mass is 16.5. The van der Waals surface area contributed by atoms with Gasteiger partial charge >= 0.3 is 0 Å². The van der Waals surface area contributed by atoms with E-state index in [1.165, 1.54) is 7.11 Å². The molecule has 0 unspecified atom stereocenters. The number of nitrogens with one attached hydrogen (secondary N) is 1. The van der Waals surface area contributed by atoms with Gasteiger partial charge in [-0.05, 0) is 17.7 Å². The van der Waals surface area contributed by atoms with E-state index in [1.54, 1.807) is 36.4 Å². The Bertz CT molecular complexity index is 793. The molecule has 1 aromatic carbocycles. The molecule has 0 aliphatic carbocycles. The molecular formula is C14H9N3O3. The molecule has 6 heteroatoms. The SMILES string of the molecule is COc1ccc(-c2c(C#N)c(O)[nH]c(=O)c2C#N)cc1. The van der Waals surface area contributed by atoms with Crippen molar-refractivity contribution in [1.29, 1.82) is 10.5 Å². The summed E-state index contributed by atoms with van der Waals surface area (Å²) >= 11 is 0. The number of aromatic hydroxyl groups is 1. The van der Waals surface area contributed by atoms with Crippen molar-refractivity contribution in [2.45, 2.75) is 0 Å². The van der Waals surface area contributed by atoms with Crippen LogP contribution in [-0.4, -0.2) is 17.2 Å². The predicted molar refractivity (Wildman–Crippen MR) is 70.1 cm³/mol. The summed E-state index contributed by atoms with van der Waals surface area (Å²) in [6.45, 7) is 0. The number of pyridine rings is 1. The Morgan fingerprint density at radius 1 is 1.15 bits per heavy atom. The Kier molecular flexibility index (Phi) is 3.41. The van der Waals surface area contributed by atoms with E-state index in [2.05, 4.69) is 4.98 Å². The largest absolute Gasteiger partial charge is 0.497 e. The van der Waals surface area contributed by atoms with Gasteiger partial charge in [-0.1, -0.05) is 12.1 Å². The molecule has 0 saturated carbocycles. The summed E-state index contributed by atoms with van der Waals surface area (Å²) in [4.78, 5) is 13.8. The molecule has 2 rings (SSSR count). The Hall–Kier alpha value is -3.25. The van der Waals surface area contributed by atoms with Crippen LogP contribution in [0.4, 0.5) is 0 Å². The van der Waals surface area contributed by atoms with Crippen LogP contribution in [-0.2, 0) is 0 Å². The van der Waals surface area contributed by atoms with Gasteiger partial charge in [0.05, 0.1) is 7.11 Å². The zero-order valence-electron chi connectivity index (χ0n) is 10.5. The van der Waals surface area contributed by atoms with Crippen LogP contribution in [0, 0.1) is 22.7 Å². The molecule has 1 aromatic heterocycles. The van der Waals surface area contributed by atoms with Gasteiger partial charge in [0, 0.05) is 5.56 Å². The molecule has 6 nitrogen and oxygen atoms in total. The number of ether oxygens (including phenoxy) is 1. The minimum atomic E-state index is -0.741. The minimum Gasteiger partial charge on any atom is -0.497 e. The van der Waals surface area contributed by atoms with E-state index < -0.39 is 11.4 Å². The third-order valence-electron chi connectivity index (χ3n) is 2.80. The first-order valence-corrected chi connectivity index (χ1v) is 5.56. The third-order valence-corrected chi connectivity index (χ3v) is 2.80. The lowest BCUT2D eigenvalue weighted by Crippen LogP contribution is -2.13. The van der Waals surface area contributed by atoms with Gasteiger partial charge in [-0.2, -0.15) is 10.5 Å². The monoisotopic (exact) mass is 267 g/mol. The number of benzene rings is 1. The molecule has 1 heterocycles. The third kappa shape index (κ3) is 2.06. The van der Waals surface area contributed by atoms with E-state index >= 15 is 0 Å². The second-order valence-electron chi connectivity index (χ2n) is 3.88. The van der Waals surface area contributed by atoms with Crippen LogP contribution >= 0.6 is 0 Å². The summed E-state index contributed by atoms with van der Waals surface area (Å²) < 4.78 is 5.02. The van der Waals surface area contributed by atoms with Crippen LogP contribution in [0.3, 0.4) is 0 Å². The van der Waals surface area contributed by atoms with Crippen LogP contribution in [0.1, 0.15) is 11.1 Å². The fourth-order valence-electron chi connectivity index (χ4n) is 1.85. The summed E-state index contributed by atoms with van der Waals surface area (Å²) in [5.41, 5.74) is -0.523. The van der Waals surface area contributed by atoms with Crippen molar-refractivity contribution in [3.8, 4) is 34.9 Å². The Morgan fingerprint density at radius 2 is 1.75 bits per heavy atom. The number of nitrogens with zero attached hydrogens (tertiary/aromatic N) is 2. The van der Waals surface area contributed by atoms with E-state index in [4.69, 9.17) is 15.3 Å². The number of aromatic nitrogens is 1. The first-order chi connectivity index (χ1) is 9.62. The van der Waals surface area contributed by atoms with Gasteiger partial charge in [-0.25, -0.2) is 0 Å². The number of hydrogen-bond acceptors (Lipinski definition) is 5. The van der Waals surface area contributed by atoms with Crippen LogP contribution in [0.25, 0.3) is 11.1 Å². The Labute approximate surface area is 114 Å². The number of methoxy groups -OCH3 is 1. The maximum atomic E-state index is 11.7. The number of rotatable bonds is 2. The molecular weight excluding hydrogens is 258 g/mol. The van der Waals surface area contributed by atoms with Crippen molar-refractivity contribution in [3.05, 3.63) is 45.7 Å². The smallest absolute Gasteiger partial charge is 0.269 e. The zero-order chi connectivity index (χ0) is 14.7. The second-order valence-corrected chi connectivity index (χ2v) is 3.88. The molecule has 2 aromatic rings. The average molecular weight is 267 g/mol. The molecule has 0 fully saturated rings. The van der Waals surface area contributed by atoms with Crippen LogP contribution in [0.5, 0.6) is 11.6 Å². The van der Waals surface area contributed by atoms with Gasteiger partial charge in [-0.15, -0.1) is 0 Å². The van der Waals surface area contributed by atoms with Gasteiger partial charge < -0.3 is 9.84 Å². The molecule has 0 radical (unpaired) electrons. The second kappa shape index (κ2) is 5.17. The Balaban J connectivity index is 2.81. The number of H-pyrrole nitrogens is 1. The van der Waals surface area contributed by atoms with E-state index in [9.17, 15) is 9.90 Å². The molecule has 98 valence electrons. The fourth-order valence-corrected chi connectivity index (χ4v) is 1.85. The van der Waals surface area contributed by atoms with Crippen molar-refractivity contribution in [2.24, 2.45) is 0 Å². The Morgan fingerprint density at radius 3 is 2.25 bits per heavy atom. The highest BCUT2D eigenvalue weighted by molar-refractivity contribution is 5.78. The molecule has 0 spiro atoms. The summed E-state index contributed by atoms with van der Waals surface area (Å²) in [6.07, 6.45) is 0. The first-order valence-electron chi connectivity index (χ1n) is 5.56. The summed E-state index contributed by atoms with van der Waals surface area (Å²) in [5.74, 6) is 0.0437. The van der Waals surface area contributed by atoms with Gasteiger partial charge in [0.25, 0.3) is 5.56 Å². The normalized spacial score (nSPS) is 9.55. The summed E-state index contributed by atoms with van der Waals surface area (Å²) in [7, 11) is 1.51. The van der Waals surface area contributed by atoms with Gasteiger partial charge in [-0.3, -0.25) is 9.78 Å². The zero-order valence-corrected chi connectivity index (χ0v) is 10.5. The average Bonchev–Trinajstić information content (AvgIpc) is 2.46. The quantitative estimate of drug-likeness (QED) is 0.856. The lowest BCUT2D eigenvalue weighted by Gasteiger charge is -2.08. The number of nitriles is 2. The highest BCUT2D eigenvalue weighted by Crippen LogP contribution is 2.30. The molecule has 2 N–H and O–H groups in total. The van der Waals surface area contributed by atoms with Crippen LogP contribution in [0.15, 0.2) is 29.1 Å². The molecule has 0 aliphatic rings. The van der Waals surface area contributed by atoms with E-state index in [1.807, 2.05) is 0 Å². The van der Waals surface area contributed by atoms with Crippen LogP contribution in [0.2, 0.25) is 0 Å². The molecule has 0 atom stereocenters. The van der Waals surface area contributed by atoms with E-state index in [-0.39, 0.29) is 16.7 Å². The van der Waals surface area contributed by atoms with Crippen molar-refractivity contribution in [2.75, 3.05) is 7.11 Å². The minimum absolute atomic E-state index is 0.110. The molecule has 0 saturated heterocycles. The van der Waals surface area contributed by atoms with E-state index in [0.29, 0.717) is 11.3 Å². The van der Waals surface area contributed by atoms with Gasteiger partial charge in [0.15, 0.2) is 0 Å². The summed E-state index contributed by atoms with van der Waals surface area (Å²) in [5, 5.41) is 27.8. The molecule has 0 amide bonds. The molecule has 0 bridgehead atoms. The topological polar surface area (TPSA) is 110 Å². The van der Waals surface area contributed by atoms with Crippen molar-refractivity contribution < 1.29 is 9.84 Å². The number of hydrogen-bond donors (Lipinski definition) is 2. The standard InChI is InChI=1S/C14H9N3O3/c1-20-9-4-2-8(3-5-9)12-10(6-15)13(18)17-14(19)11(12)7-16/h2-5H,1H3,(H2,17,18,19). The molecule has 20 heavy (non-hydrogen) atoms. The van der Waals surface area contributed by atoms with Crippen molar-refractivity contribution in [1.82, 2.24) is 4.98 Å². The lowest BCUT2D eigenvalue weighted by atomic mass is 9.97. The maximum Gasteiger partial charge on any atom is 0.269 e. The van der Waals surface area contributed by atoms with Gasteiger partial charge in [0.2, 0.25) is 5.88 Å². The number of aromatic amines is 1. The highest BCUT2D eigenvalue weighted by Gasteiger charge is 2.18. The maximum absolute atomic E-state index is 11.7.